The fourth-order valence-corrected chi connectivity index (χ4v) is 1.80. The van der Waals surface area contributed by atoms with Crippen LogP contribution in [0.5, 0.6) is 0 Å². The van der Waals surface area contributed by atoms with Crippen molar-refractivity contribution >= 4 is 17.6 Å². The van der Waals surface area contributed by atoms with Crippen molar-refractivity contribution in [3.63, 3.8) is 0 Å². The van der Waals surface area contributed by atoms with E-state index in [1.165, 1.54) is 0 Å². The van der Waals surface area contributed by atoms with Crippen LogP contribution in [0.2, 0.25) is 0 Å². The molecule has 1 aromatic carbocycles. The van der Waals surface area contributed by atoms with Crippen molar-refractivity contribution in [1.82, 2.24) is 0 Å². The average Bonchev–Trinajstić information content (AvgIpc) is 2.46. The van der Waals surface area contributed by atoms with Crippen molar-refractivity contribution in [1.29, 1.82) is 0 Å². The molecule has 0 aliphatic heterocycles. The molecular weight excluding hydrogens is 282 g/mol. The van der Waals surface area contributed by atoms with Crippen LogP contribution >= 0.6 is 0 Å². The third kappa shape index (κ3) is 5.85. The molecule has 0 aliphatic carbocycles. The number of benzene rings is 1. The molecule has 2 unspecified atom stereocenters. The molecule has 0 fully saturated rings. The number of carboxylic acids is 1. The van der Waals surface area contributed by atoms with Gasteiger partial charge in [-0.2, -0.15) is 0 Å². The summed E-state index contributed by atoms with van der Waals surface area (Å²) in [7, 11) is 0. The molecule has 5 heteroatoms. The quantitative estimate of drug-likeness (QED) is 0.773. The Kier molecular flexibility index (Phi) is 7.05. The van der Waals surface area contributed by atoms with E-state index in [1.807, 2.05) is 0 Å². The monoisotopic (exact) mass is 307 g/mol. The zero-order valence-electron chi connectivity index (χ0n) is 13.6. The number of ether oxygens (including phenoxy) is 1. The Morgan fingerprint density at radius 1 is 1.14 bits per heavy atom. The highest BCUT2D eigenvalue weighted by Crippen LogP contribution is 2.18. The lowest BCUT2D eigenvalue weighted by atomic mass is 10.0. The minimum atomic E-state index is -0.871. The molecule has 1 rings (SSSR count). The molecule has 2 atom stereocenters. The van der Waals surface area contributed by atoms with Crippen LogP contribution in [0.3, 0.4) is 0 Å². The van der Waals surface area contributed by atoms with Gasteiger partial charge in [0.05, 0.1) is 5.92 Å². The van der Waals surface area contributed by atoms with E-state index >= 15 is 0 Å². The summed E-state index contributed by atoms with van der Waals surface area (Å²) < 4.78 is 5.49. The number of anilines is 1. The zero-order valence-corrected chi connectivity index (χ0v) is 13.6. The van der Waals surface area contributed by atoms with Gasteiger partial charge in [-0.25, -0.2) is 0 Å². The second kappa shape index (κ2) is 8.54. The molecule has 0 spiro atoms. The van der Waals surface area contributed by atoms with E-state index in [0.717, 1.165) is 6.42 Å². The van der Waals surface area contributed by atoms with E-state index in [1.54, 1.807) is 38.1 Å². The Balaban J connectivity index is 2.52. The van der Waals surface area contributed by atoms with Crippen LogP contribution in [-0.4, -0.2) is 29.7 Å². The summed E-state index contributed by atoms with van der Waals surface area (Å²) in [5.74, 6) is -1.10. The smallest absolute Gasteiger partial charge is 0.310 e. The Bertz CT molecular complexity index is 496. The van der Waals surface area contributed by atoms with E-state index in [2.05, 4.69) is 19.2 Å². The van der Waals surface area contributed by atoms with Crippen molar-refractivity contribution in [3.8, 4) is 0 Å². The van der Waals surface area contributed by atoms with Gasteiger partial charge in [-0.3, -0.25) is 9.59 Å². The SMILES string of the molecule is CC(C)CCOC(C)C(=O)Nc1ccc(C(C)C(=O)O)cc1. The Labute approximate surface area is 131 Å². The highest BCUT2D eigenvalue weighted by atomic mass is 16.5. The normalized spacial score (nSPS) is 13.7. The number of hydrogen-bond donors (Lipinski definition) is 2. The van der Waals surface area contributed by atoms with Crippen molar-refractivity contribution < 1.29 is 19.4 Å². The molecule has 0 saturated carbocycles. The summed E-state index contributed by atoms with van der Waals surface area (Å²) in [5, 5.41) is 11.7. The summed E-state index contributed by atoms with van der Waals surface area (Å²) in [6.07, 6.45) is 0.399. The summed E-state index contributed by atoms with van der Waals surface area (Å²) in [5.41, 5.74) is 1.33. The predicted molar refractivity (Wildman–Crippen MR) is 86.0 cm³/mol. The van der Waals surface area contributed by atoms with Crippen molar-refractivity contribution in [2.24, 2.45) is 5.92 Å². The zero-order chi connectivity index (χ0) is 16.7. The van der Waals surface area contributed by atoms with Crippen LogP contribution < -0.4 is 5.32 Å². The molecule has 0 bridgehead atoms. The molecule has 0 aliphatic rings. The van der Waals surface area contributed by atoms with E-state index < -0.39 is 18.0 Å². The van der Waals surface area contributed by atoms with Crippen LogP contribution in [0.4, 0.5) is 5.69 Å². The van der Waals surface area contributed by atoms with Crippen molar-refractivity contribution in [2.75, 3.05) is 11.9 Å². The minimum Gasteiger partial charge on any atom is -0.481 e. The Hall–Kier alpha value is -1.88. The molecule has 2 N–H and O–H groups in total. The highest BCUT2D eigenvalue weighted by molar-refractivity contribution is 5.93. The number of hydrogen-bond acceptors (Lipinski definition) is 3. The molecule has 0 radical (unpaired) electrons. The van der Waals surface area contributed by atoms with Gasteiger partial charge in [-0.05, 0) is 43.9 Å². The summed E-state index contributed by atoms with van der Waals surface area (Å²) in [6.45, 7) is 8.11. The lowest BCUT2D eigenvalue weighted by molar-refractivity contribution is -0.138. The lowest BCUT2D eigenvalue weighted by Gasteiger charge is -2.14. The minimum absolute atomic E-state index is 0.206. The number of nitrogens with one attached hydrogen (secondary N) is 1. The fourth-order valence-electron chi connectivity index (χ4n) is 1.80. The molecule has 122 valence electrons. The highest BCUT2D eigenvalue weighted by Gasteiger charge is 2.15. The van der Waals surface area contributed by atoms with Gasteiger partial charge in [0.1, 0.15) is 6.10 Å². The number of carboxylic acid groups (broad SMARTS) is 1. The summed E-state index contributed by atoms with van der Waals surface area (Å²) in [6, 6.07) is 6.82. The first-order valence-electron chi connectivity index (χ1n) is 7.56. The number of carbonyl (C=O) groups excluding carboxylic acids is 1. The van der Waals surface area contributed by atoms with Gasteiger partial charge < -0.3 is 15.2 Å². The molecule has 1 amide bonds. The molecule has 1 aromatic rings. The average molecular weight is 307 g/mol. The second-order valence-electron chi connectivity index (χ2n) is 5.87. The van der Waals surface area contributed by atoms with Gasteiger partial charge in [0, 0.05) is 12.3 Å². The molecule has 5 nitrogen and oxygen atoms in total. The maximum atomic E-state index is 12.0. The maximum Gasteiger partial charge on any atom is 0.310 e. The van der Waals surface area contributed by atoms with Crippen LogP contribution in [0, 0.1) is 5.92 Å². The number of amides is 1. The summed E-state index contributed by atoms with van der Waals surface area (Å²) >= 11 is 0. The van der Waals surface area contributed by atoms with E-state index in [-0.39, 0.29) is 5.91 Å². The van der Waals surface area contributed by atoms with Crippen molar-refractivity contribution in [2.45, 2.75) is 46.1 Å². The van der Waals surface area contributed by atoms with Crippen LogP contribution in [0.15, 0.2) is 24.3 Å². The van der Waals surface area contributed by atoms with Gasteiger partial charge in [-0.15, -0.1) is 0 Å². The van der Waals surface area contributed by atoms with E-state index in [4.69, 9.17) is 9.84 Å². The largest absolute Gasteiger partial charge is 0.481 e. The Morgan fingerprint density at radius 3 is 2.23 bits per heavy atom. The Morgan fingerprint density at radius 2 is 1.73 bits per heavy atom. The van der Waals surface area contributed by atoms with Crippen LogP contribution in [0.1, 0.15) is 45.6 Å². The standard InChI is InChI=1S/C17H25NO4/c1-11(2)9-10-22-13(4)16(19)18-15-7-5-14(6-8-15)12(3)17(20)21/h5-8,11-13H,9-10H2,1-4H3,(H,18,19)(H,20,21). The first-order valence-corrected chi connectivity index (χ1v) is 7.56. The van der Waals surface area contributed by atoms with Gasteiger partial charge in [0.15, 0.2) is 0 Å². The number of carbonyl (C=O) groups is 2. The van der Waals surface area contributed by atoms with Crippen molar-refractivity contribution in [3.05, 3.63) is 29.8 Å². The number of rotatable bonds is 8. The fraction of sp³-hybridized carbons (Fsp3) is 0.529. The topological polar surface area (TPSA) is 75.6 Å². The van der Waals surface area contributed by atoms with Gasteiger partial charge in [-0.1, -0.05) is 26.0 Å². The van der Waals surface area contributed by atoms with Gasteiger partial charge in [0.25, 0.3) is 5.91 Å². The predicted octanol–water partition coefficient (Wildman–Crippen LogP) is 3.26. The van der Waals surface area contributed by atoms with E-state index in [9.17, 15) is 9.59 Å². The molecule has 22 heavy (non-hydrogen) atoms. The molecule has 0 aromatic heterocycles. The lowest BCUT2D eigenvalue weighted by Crippen LogP contribution is -2.28. The summed E-state index contributed by atoms with van der Waals surface area (Å²) in [4.78, 5) is 22.9. The number of aliphatic carboxylic acids is 1. The first-order chi connectivity index (χ1) is 10.3. The van der Waals surface area contributed by atoms with Crippen LogP contribution in [0.25, 0.3) is 0 Å². The third-order valence-corrected chi connectivity index (χ3v) is 3.48. The van der Waals surface area contributed by atoms with Gasteiger partial charge >= 0.3 is 5.97 Å². The maximum absolute atomic E-state index is 12.0. The first kappa shape index (κ1) is 18.2. The van der Waals surface area contributed by atoms with E-state index in [0.29, 0.717) is 23.8 Å². The molecule has 0 heterocycles. The molecule has 0 saturated heterocycles. The second-order valence-corrected chi connectivity index (χ2v) is 5.87. The van der Waals surface area contributed by atoms with Crippen LogP contribution in [-0.2, 0) is 14.3 Å². The third-order valence-electron chi connectivity index (χ3n) is 3.48. The molecular formula is C17H25NO4. The van der Waals surface area contributed by atoms with Gasteiger partial charge in [0.2, 0.25) is 0 Å².